The van der Waals surface area contributed by atoms with Gasteiger partial charge in [-0.25, -0.2) is 0 Å². The van der Waals surface area contributed by atoms with Crippen LogP contribution in [-0.2, 0) is 32.7 Å². The van der Waals surface area contributed by atoms with Gasteiger partial charge in [0.05, 0.1) is 27.7 Å². The molecule has 38 heavy (non-hydrogen) atoms. The predicted octanol–water partition coefficient (Wildman–Crippen LogP) is 5.71. The van der Waals surface area contributed by atoms with Crippen LogP contribution in [0.1, 0.15) is 104 Å². The van der Waals surface area contributed by atoms with E-state index >= 15 is 0 Å². The molecule has 0 aromatic heterocycles. The summed E-state index contributed by atoms with van der Waals surface area (Å²) in [4.78, 5) is 35.8. The topological polar surface area (TPSA) is 111 Å². The molecule has 0 radical (unpaired) electrons. The molecule has 2 atom stereocenters. The standard InChI is InChI=1S/C28H54NO8P/c1-6-8-9-10-11-12-13-14-15-16-17-18-19-20-21-28(31)37-26(24-34-27(30)7-2)25-36-38(32,33)35-23-22-29(3,4)5/h13-14,26H,6-12,15-25H2,1-5H3/b14-13-. The molecule has 0 aliphatic rings. The van der Waals surface area contributed by atoms with Crippen LogP contribution < -0.4 is 4.89 Å². The number of phosphoric ester groups is 1. The summed E-state index contributed by atoms with van der Waals surface area (Å²) in [6.45, 7) is 3.56. The van der Waals surface area contributed by atoms with Gasteiger partial charge in [-0.05, 0) is 32.1 Å². The predicted molar refractivity (Wildman–Crippen MR) is 148 cm³/mol. The molecule has 0 saturated heterocycles. The van der Waals surface area contributed by atoms with Crippen molar-refractivity contribution < 1.29 is 42.1 Å². The molecule has 0 rings (SSSR count). The van der Waals surface area contributed by atoms with E-state index in [-0.39, 0.29) is 26.1 Å². The lowest BCUT2D eigenvalue weighted by Crippen LogP contribution is -2.37. The minimum absolute atomic E-state index is 0.0328. The number of hydrogen-bond donors (Lipinski definition) is 0. The average Bonchev–Trinajstić information content (AvgIpc) is 2.84. The molecule has 224 valence electrons. The molecular weight excluding hydrogens is 509 g/mol. The van der Waals surface area contributed by atoms with Crippen molar-refractivity contribution in [3.63, 3.8) is 0 Å². The Kier molecular flexibility index (Phi) is 21.8. The number of esters is 2. The van der Waals surface area contributed by atoms with Gasteiger partial charge in [-0.2, -0.15) is 0 Å². The van der Waals surface area contributed by atoms with E-state index < -0.39 is 32.5 Å². The fourth-order valence-electron chi connectivity index (χ4n) is 3.45. The minimum Gasteiger partial charge on any atom is -0.756 e. The molecule has 0 aromatic rings. The lowest BCUT2D eigenvalue weighted by molar-refractivity contribution is -0.870. The largest absolute Gasteiger partial charge is 0.756 e. The van der Waals surface area contributed by atoms with E-state index in [2.05, 4.69) is 19.1 Å². The second-order valence-corrected chi connectivity index (χ2v) is 12.1. The monoisotopic (exact) mass is 563 g/mol. The summed E-state index contributed by atoms with van der Waals surface area (Å²) in [5.74, 6) is -0.947. The van der Waals surface area contributed by atoms with Crippen LogP contribution in [0.5, 0.6) is 0 Å². The molecule has 0 aromatic carbocycles. The summed E-state index contributed by atoms with van der Waals surface area (Å²) in [6, 6.07) is 0. The molecule has 0 spiro atoms. The van der Waals surface area contributed by atoms with Gasteiger partial charge in [0, 0.05) is 12.8 Å². The van der Waals surface area contributed by atoms with E-state index in [0.29, 0.717) is 17.4 Å². The number of carbonyl (C=O) groups is 2. The summed E-state index contributed by atoms with van der Waals surface area (Å²) in [5, 5.41) is 0. The first-order valence-corrected chi connectivity index (χ1v) is 15.9. The molecule has 0 amide bonds. The van der Waals surface area contributed by atoms with Gasteiger partial charge in [0.25, 0.3) is 7.82 Å². The number of rotatable bonds is 25. The van der Waals surface area contributed by atoms with Gasteiger partial charge in [0.2, 0.25) is 0 Å². The van der Waals surface area contributed by atoms with E-state index in [9.17, 15) is 19.0 Å². The summed E-state index contributed by atoms with van der Waals surface area (Å²) < 4.78 is 32.7. The Morgan fingerprint density at radius 2 is 1.39 bits per heavy atom. The van der Waals surface area contributed by atoms with Crippen LogP contribution in [0.4, 0.5) is 0 Å². The number of allylic oxidation sites excluding steroid dienone is 2. The van der Waals surface area contributed by atoms with E-state index in [1.54, 1.807) is 6.92 Å². The fourth-order valence-corrected chi connectivity index (χ4v) is 4.18. The first kappa shape index (κ1) is 36.8. The Morgan fingerprint density at radius 3 is 1.97 bits per heavy atom. The number of phosphoric acid groups is 1. The van der Waals surface area contributed by atoms with Crippen LogP contribution in [0.15, 0.2) is 12.2 Å². The third kappa shape index (κ3) is 25.1. The molecule has 2 unspecified atom stereocenters. The highest BCUT2D eigenvalue weighted by molar-refractivity contribution is 7.45. The van der Waals surface area contributed by atoms with Crippen LogP contribution in [0.3, 0.4) is 0 Å². The number of carbonyl (C=O) groups excluding carboxylic acids is 2. The number of unbranched alkanes of at least 4 members (excludes halogenated alkanes) is 10. The molecule has 0 heterocycles. The van der Waals surface area contributed by atoms with E-state index in [4.69, 9.17) is 18.5 Å². The summed E-state index contributed by atoms with van der Waals surface area (Å²) in [6.07, 6.45) is 17.6. The molecule has 0 fully saturated rings. The van der Waals surface area contributed by atoms with E-state index in [1.807, 2.05) is 21.1 Å². The van der Waals surface area contributed by atoms with Crippen LogP contribution in [0.2, 0.25) is 0 Å². The maximum Gasteiger partial charge on any atom is 0.306 e. The third-order valence-electron chi connectivity index (χ3n) is 5.84. The highest BCUT2D eigenvalue weighted by Gasteiger charge is 2.21. The lowest BCUT2D eigenvalue weighted by Gasteiger charge is -2.28. The molecule has 0 saturated carbocycles. The number of hydrogen-bond acceptors (Lipinski definition) is 8. The van der Waals surface area contributed by atoms with Gasteiger partial charge in [-0.15, -0.1) is 0 Å². The molecule has 0 aliphatic heterocycles. The van der Waals surface area contributed by atoms with Gasteiger partial charge in [0.1, 0.15) is 19.8 Å². The van der Waals surface area contributed by atoms with Crippen LogP contribution >= 0.6 is 7.82 Å². The zero-order valence-corrected chi connectivity index (χ0v) is 25.5. The molecule has 10 heteroatoms. The average molecular weight is 564 g/mol. The lowest BCUT2D eigenvalue weighted by atomic mass is 10.1. The van der Waals surface area contributed by atoms with Crippen molar-refractivity contribution >= 4 is 19.8 Å². The van der Waals surface area contributed by atoms with Crippen molar-refractivity contribution in [3.05, 3.63) is 12.2 Å². The van der Waals surface area contributed by atoms with Crippen LogP contribution in [0.25, 0.3) is 0 Å². The first-order valence-electron chi connectivity index (χ1n) is 14.4. The second kappa shape index (κ2) is 22.6. The summed E-state index contributed by atoms with van der Waals surface area (Å²) in [7, 11) is 1.15. The zero-order valence-electron chi connectivity index (χ0n) is 24.6. The van der Waals surface area contributed by atoms with E-state index in [1.165, 1.54) is 38.5 Å². The van der Waals surface area contributed by atoms with Gasteiger partial charge < -0.3 is 27.9 Å². The van der Waals surface area contributed by atoms with Crippen molar-refractivity contribution in [2.75, 3.05) is 47.5 Å². The molecule has 9 nitrogen and oxygen atoms in total. The Hall–Kier alpha value is -1.25. The molecule has 0 bridgehead atoms. The summed E-state index contributed by atoms with van der Waals surface area (Å²) >= 11 is 0. The number of ether oxygens (including phenoxy) is 2. The maximum atomic E-state index is 12.3. The van der Waals surface area contributed by atoms with Crippen molar-refractivity contribution in [2.24, 2.45) is 0 Å². The van der Waals surface area contributed by atoms with Crippen LogP contribution in [0, 0.1) is 0 Å². The van der Waals surface area contributed by atoms with Crippen molar-refractivity contribution in [1.82, 2.24) is 0 Å². The fraction of sp³-hybridized carbons (Fsp3) is 0.857. The first-order chi connectivity index (χ1) is 18.0. The minimum atomic E-state index is -4.58. The Labute approximate surface area is 231 Å². The Morgan fingerprint density at radius 1 is 0.816 bits per heavy atom. The van der Waals surface area contributed by atoms with E-state index in [0.717, 1.165) is 32.1 Å². The summed E-state index contributed by atoms with van der Waals surface area (Å²) in [5.41, 5.74) is 0. The SMILES string of the molecule is CCCCCCC/C=C\CCCCCCCC(=O)OC(COC(=O)CC)COP(=O)([O-])OCC[N+](C)(C)C. The normalized spacial score (nSPS) is 14.4. The van der Waals surface area contributed by atoms with Crippen molar-refractivity contribution in [1.29, 1.82) is 0 Å². The quantitative estimate of drug-likeness (QED) is 0.0457. The number of likely N-dealkylation sites (N-methyl/N-ethyl adjacent to an activating group) is 1. The van der Waals surface area contributed by atoms with Crippen molar-refractivity contribution in [3.8, 4) is 0 Å². The number of quaternary nitrogens is 1. The van der Waals surface area contributed by atoms with Gasteiger partial charge in [0.15, 0.2) is 6.10 Å². The Bertz CT molecular complexity index is 693. The maximum absolute atomic E-state index is 12.3. The highest BCUT2D eigenvalue weighted by Crippen LogP contribution is 2.38. The smallest absolute Gasteiger partial charge is 0.306 e. The van der Waals surface area contributed by atoms with Crippen molar-refractivity contribution in [2.45, 2.75) is 110 Å². The van der Waals surface area contributed by atoms with Gasteiger partial charge in [-0.1, -0.05) is 70.9 Å². The van der Waals surface area contributed by atoms with Crippen LogP contribution in [-0.4, -0.2) is 70.0 Å². The Balaban J connectivity index is 4.19. The third-order valence-corrected chi connectivity index (χ3v) is 6.80. The van der Waals surface area contributed by atoms with Gasteiger partial charge in [-0.3, -0.25) is 14.2 Å². The molecular formula is C28H54NO8P. The zero-order chi connectivity index (χ0) is 28.7. The highest BCUT2D eigenvalue weighted by atomic mass is 31.2. The molecule has 0 aliphatic carbocycles. The second-order valence-electron chi connectivity index (χ2n) is 10.7. The molecule has 0 N–H and O–H groups in total. The number of nitrogens with zero attached hydrogens (tertiary/aromatic N) is 1. The van der Waals surface area contributed by atoms with Gasteiger partial charge >= 0.3 is 11.9 Å².